The lowest BCUT2D eigenvalue weighted by atomic mass is 10.1. The average molecular weight is 307 g/mol. The fourth-order valence-corrected chi connectivity index (χ4v) is 3.53. The van der Waals surface area contributed by atoms with Gasteiger partial charge in [-0.15, -0.1) is 6.42 Å². The van der Waals surface area contributed by atoms with Crippen molar-refractivity contribution in [3.8, 4) is 12.3 Å². The first kappa shape index (κ1) is 17.4. The maximum absolute atomic E-state index is 12.7. The van der Waals surface area contributed by atoms with Gasteiger partial charge < -0.3 is 4.79 Å². The van der Waals surface area contributed by atoms with Crippen molar-refractivity contribution in [3.63, 3.8) is 0 Å². The fraction of sp³-hybridized carbons (Fsp3) is 0.438. The molecule has 0 amide bonds. The third-order valence-corrected chi connectivity index (χ3v) is 5.00. The molecule has 4 nitrogen and oxygen atoms in total. The van der Waals surface area contributed by atoms with Crippen LogP contribution in [-0.2, 0) is 14.8 Å². The number of benzene rings is 1. The topological polar surface area (TPSA) is 54.5 Å². The molecule has 0 spiro atoms. The number of aldehydes is 1. The Morgan fingerprint density at radius 2 is 1.86 bits per heavy atom. The Bertz CT molecular complexity index is 612. The second-order valence-corrected chi connectivity index (χ2v) is 7.29. The summed E-state index contributed by atoms with van der Waals surface area (Å²) in [6.07, 6.45) is 6.38. The highest BCUT2D eigenvalue weighted by Crippen LogP contribution is 2.21. The molecule has 0 aliphatic heterocycles. The zero-order valence-corrected chi connectivity index (χ0v) is 13.4. The molecule has 0 saturated heterocycles. The number of carbonyl (C=O) groups excluding carboxylic acids is 1. The molecule has 0 radical (unpaired) electrons. The molecule has 21 heavy (non-hydrogen) atoms. The molecule has 114 valence electrons. The molecular weight excluding hydrogens is 286 g/mol. The minimum atomic E-state index is -3.78. The molecular formula is C16H21NO3S. The third-order valence-electron chi connectivity index (χ3n) is 3.11. The van der Waals surface area contributed by atoms with E-state index in [1.165, 1.54) is 12.1 Å². The summed E-state index contributed by atoms with van der Waals surface area (Å²) in [6.45, 7) is 5.63. The van der Waals surface area contributed by atoms with Crippen molar-refractivity contribution in [3.05, 3.63) is 29.8 Å². The molecule has 0 aromatic heterocycles. The van der Waals surface area contributed by atoms with Gasteiger partial charge in [-0.25, -0.2) is 8.42 Å². The lowest BCUT2D eigenvalue weighted by Crippen LogP contribution is -2.42. The molecule has 0 saturated carbocycles. The molecule has 0 aliphatic rings. The van der Waals surface area contributed by atoms with E-state index in [9.17, 15) is 13.2 Å². The van der Waals surface area contributed by atoms with E-state index in [2.05, 4.69) is 5.92 Å². The Balaban J connectivity index is 3.22. The van der Waals surface area contributed by atoms with Crippen molar-refractivity contribution in [2.75, 3.05) is 6.54 Å². The number of rotatable bonds is 7. The molecule has 1 aromatic carbocycles. The van der Waals surface area contributed by atoms with Crippen LogP contribution in [0.1, 0.15) is 25.8 Å². The van der Waals surface area contributed by atoms with Gasteiger partial charge in [0.25, 0.3) is 0 Å². The molecule has 5 heteroatoms. The van der Waals surface area contributed by atoms with Gasteiger partial charge in [-0.1, -0.05) is 37.5 Å². The van der Waals surface area contributed by atoms with Crippen LogP contribution in [0.5, 0.6) is 0 Å². The predicted molar refractivity (Wildman–Crippen MR) is 83.2 cm³/mol. The summed E-state index contributed by atoms with van der Waals surface area (Å²) >= 11 is 0. The predicted octanol–water partition coefficient (Wildman–Crippen LogP) is 2.23. The first-order valence-electron chi connectivity index (χ1n) is 6.80. The minimum Gasteiger partial charge on any atom is -0.302 e. The first-order valence-corrected chi connectivity index (χ1v) is 8.24. The van der Waals surface area contributed by atoms with Gasteiger partial charge in [0.2, 0.25) is 10.0 Å². The summed E-state index contributed by atoms with van der Waals surface area (Å²) in [5, 5.41) is 0. The normalized spacial score (nSPS) is 13.1. The van der Waals surface area contributed by atoms with Crippen LogP contribution < -0.4 is 0 Å². The van der Waals surface area contributed by atoms with Crippen LogP contribution in [0, 0.1) is 25.2 Å². The lowest BCUT2D eigenvalue weighted by molar-refractivity contribution is -0.111. The minimum absolute atomic E-state index is 0.119. The van der Waals surface area contributed by atoms with Crippen LogP contribution in [0.2, 0.25) is 0 Å². The molecule has 0 fully saturated rings. The Morgan fingerprint density at radius 3 is 2.29 bits per heavy atom. The Hall–Kier alpha value is -1.64. The van der Waals surface area contributed by atoms with E-state index in [1.54, 1.807) is 12.1 Å². The number of sulfonamides is 1. The van der Waals surface area contributed by atoms with Gasteiger partial charge in [0.05, 0.1) is 17.5 Å². The second kappa shape index (κ2) is 7.39. The van der Waals surface area contributed by atoms with Gasteiger partial charge in [-0.3, -0.25) is 0 Å². The largest absolute Gasteiger partial charge is 0.302 e. The van der Waals surface area contributed by atoms with Crippen molar-refractivity contribution >= 4 is 16.3 Å². The summed E-state index contributed by atoms with van der Waals surface area (Å²) < 4.78 is 26.5. The van der Waals surface area contributed by atoms with Gasteiger partial charge in [0, 0.05) is 0 Å². The zero-order valence-electron chi connectivity index (χ0n) is 12.6. The van der Waals surface area contributed by atoms with E-state index < -0.39 is 16.1 Å². The number of nitrogens with zero attached hydrogens (tertiary/aromatic N) is 1. The van der Waals surface area contributed by atoms with Crippen molar-refractivity contribution < 1.29 is 13.2 Å². The molecule has 1 aromatic rings. The molecule has 0 bridgehead atoms. The van der Waals surface area contributed by atoms with Crippen LogP contribution in [0.3, 0.4) is 0 Å². The van der Waals surface area contributed by atoms with Crippen LogP contribution in [0.15, 0.2) is 29.2 Å². The Kier molecular flexibility index (Phi) is 6.13. The first-order chi connectivity index (χ1) is 9.82. The fourth-order valence-electron chi connectivity index (χ4n) is 2.04. The zero-order chi connectivity index (χ0) is 16.0. The van der Waals surface area contributed by atoms with Crippen LogP contribution in [-0.4, -0.2) is 31.6 Å². The standard InChI is InChI=1S/C16H21NO3S/c1-5-10-17(15(12-18)11-13(2)3)21(19,20)16-8-6-14(4)7-9-16/h1,6-9,12-13,15H,10-11H2,2-4H3/t15-/m0/s1. The van der Waals surface area contributed by atoms with Gasteiger partial charge in [0.1, 0.15) is 6.29 Å². The van der Waals surface area contributed by atoms with E-state index in [-0.39, 0.29) is 17.4 Å². The Morgan fingerprint density at radius 1 is 1.29 bits per heavy atom. The number of aryl methyl sites for hydroxylation is 1. The smallest absolute Gasteiger partial charge is 0.244 e. The molecule has 0 heterocycles. The quantitative estimate of drug-likeness (QED) is 0.573. The summed E-state index contributed by atoms with van der Waals surface area (Å²) in [5.74, 6) is 2.52. The summed E-state index contributed by atoms with van der Waals surface area (Å²) in [4.78, 5) is 11.5. The van der Waals surface area contributed by atoms with Gasteiger partial charge in [-0.05, 0) is 31.4 Å². The van der Waals surface area contributed by atoms with Crippen molar-refractivity contribution in [2.24, 2.45) is 5.92 Å². The number of hydrogen-bond acceptors (Lipinski definition) is 3. The highest BCUT2D eigenvalue weighted by atomic mass is 32.2. The maximum Gasteiger partial charge on any atom is 0.244 e. The number of hydrogen-bond donors (Lipinski definition) is 0. The third kappa shape index (κ3) is 4.42. The van der Waals surface area contributed by atoms with E-state index in [0.717, 1.165) is 9.87 Å². The molecule has 0 unspecified atom stereocenters. The summed E-state index contributed by atoms with van der Waals surface area (Å²) in [6, 6.07) is 5.77. The monoisotopic (exact) mass is 307 g/mol. The summed E-state index contributed by atoms with van der Waals surface area (Å²) in [5.41, 5.74) is 0.964. The molecule has 0 aliphatic carbocycles. The number of carbonyl (C=O) groups is 1. The van der Waals surface area contributed by atoms with Gasteiger partial charge >= 0.3 is 0 Å². The average Bonchev–Trinajstić information content (AvgIpc) is 2.42. The van der Waals surface area contributed by atoms with Crippen LogP contribution in [0.25, 0.3) is 0 Å². The van der Waals surface area contributed by atoms with E-state index in [4.69, 9.17) is 6.42 Å². The van der Waals surface area contributed by atoms with Gasteiger partial charge in [0.15, 0.2) is 0 Å². The lowest BCUT2D eigenvalue weighted by Gasteiger charge is -2.26. The van der Waals surface area contributed by atoms with E-state index >= 15 is 0 Å². The van der Waals surface area contributed by atoms with Crippen LogP contribution >= 0.6 is 0 Å². The van der Waals surface area contributed by atoms with E-state index in [1.807, 2.05) is 20.8 Å². The van der Waals surface area contributed by atoms with Crippen molar-refractivity contribution in [1.82, 2.24) is 4.31 Å². The van der Waals surface area contributed by atoms with Crippen LogP contribution in [0.4, 0.5) is 0 Å². The second-order valence-electron chi connectivity index (χ2n) is 5.40. The number of terminal acetylenes is 1. The summed E-state index contributed by atoms with van der Waals surface area (Å²) in [7, 11) is -3.78. The molecule has 1 rings (SSSR count). The highest BCUT2D eigenvalue weighted by Gasteiger charge is 2.31. The highest BCUT2D eigenvalue weighted by molar-refractivity contribution is 7.89. The van der Waals surface area contributed by atoms with Crippen molar-refractivity contribution in [1.29, 1.82) is 0 Å². The van der Waals surface area contributed by atoms with Crippen molar-refractivity contribution in [2.45, 2.75) is 38.1 Å². The Labute approximate surface area is 127 Å². The molecule has 1 atom stereocenters. The van der Waals surface area contributed by atoms with E-state index in [0.29, 0.717) is 12.7 Å². The SMILES string of the molecule is C#CCN([C@H](C=O)CC(C)C)S(=O)(=O)c1ccc(C)cc1. The van der Waals surface area contributed by atoms with Gasteiger partial charge in [-0.2, -0.15) is 4.31 Å². The maximum atomic E-state index is 12.7. The molecule has 0 N–H and O–H groups in total.